The monoisotopic (exact) mass is 444 g/mol. The summed E-state index contributed by atoms with van der Waals surface area (Å²) >= 11 is 12.0. The first-order valence-corrected chi connectivity index (χ1v) is 11.6. The number of sulfone groups is 1. The number of hydrogen-bond acceptors (Lipinski definition) is 4. The Bertz CT molecular complexity index is 866. The second-order valence-electron chi connectivity index (χ2n) is 6.96. The number of hydrogen-bond donors (Lipinski definition) is 0. The third-order valence-electron chi connectivity index (χ3n) is 4.37. The van der Waals surface area contributed by atoms with E-state index in [0.29, 0.717) is 36.5 Å². The molecule has 7 heteroatoms. The molecule has 2 aromatic carbocycles. The lowest BCUT2D eigenvalue weighted by atomic mass is 10.1. The molecule has 2 aromatic rings. The molecule has 4 nitrogen and oxygen atoms in total. The minimum Gasteiger partial charge on any atom is -0.493 e. The van der Waals surface area contributed by atoms with Crippen LogP contribution in [0.3, 0.4) is 0 Å². The molecule has 0 aliphatic rings. The lowest BCUT2D eigenvalue weighted by molar-refractivity contribution is 0.256. The van der Waals surface area contributed by atoms with E-state index in [2.05, 4.69) is 13.8 Å². The third kappa shape index (κ3) is 6.03. The molecule has 0 bridgehead atoms. The first-order valence-electron chi connectivity index (χ1n) is 9.24. The van der Waals surface area contributed by atoms with Crippen molar-refractivity contribution in [3.63, 3.8) is 0 Å². The second-order valence-corrected chi connectivity index (χ2v) is 9.63. The van der Waals surface area contributed by atoms with Gasteiger partial charge in [-0.3, -0.25) is 0 Å². The summed E-state index contributed by atoms with van der Waals surface area (Å²) in [6.45, 7) is 7.17. The van der Waals surface area contributed by atoms with Crippen molar-refractivity contribution in [2.24, 2.45) is 11.8 Å². The van der Waals surface area contributed by atoms with E-state index in [4.69, 9.17) is 32.7 Å². The zero-order valence-electron chi connectivity index (χ0n) is 16.3. The SMILES string of the molecule is CCC(C)COc1ccc(S(=O)(=O)c2ccc(OCC(C)CCl)c(Cl)c2)cc1. The molecule has 28 heavy (non-hydrogen) atoms. The van der Waals surface area contributed by atoms with Crippen molar-refractivity contribution >= 4 is 33.0 Å². The Kier molecular flexibility index (Phi) is 8.47. The first kappa shape index (κ1) is 22.9. The summed E-state index contributed by atoms with van der Waals surface area (Å²) in [4.78, 5) is 0.299. The predicted octanol–water partition coefficient (Wildman–Crippen LogP) is 5.85. The van der Waals surface area contributed by atoms with Crippen molar-refractivity contribution < 1.29 is 17.9 Å². The Morgan fingerprint density at radius 2 is 1.54 bits per heavy atom. The van der Waals surface area contributed by atoms with Gasteiger partial charge in [-0.05, 0) is 48.4 Å². The van der Waals surface area contributed by atoms with Crippen LogP contribution in [0.25, 0.3) is 0 Å². The Morgan fingerprint density at radius 1 is 0.929 bits per heavy atom. The van der Waals surface area contributed by atoms with E-state index in [9.17, 15) is 8.42 Å². The highest BCUT2D eigenvalue weighted by molar-refractivity contribution is 7.91. The number of ether oxygens (including phenoxy) is 2. The van der Waals surface area contributed by atoms with Gasteiger partial charge in [0.2, 0.25) is 9.84 Å². The molecular formula is C21H26Cl2O4S. The highest BCUT2D eigenvalue weighted by Crippen LogP contribution is 2.31. The van der Waals surface area contributed by atoms with Crippen molar-refractivity contribution in [3.8, 4) is 11.5 Å². The minimum absolute atomic E-state index is 0.114. The zero-order valence-corrected chi connectivity index (χ0v) is 18.7. The Labute approximate surface area is 177 Å². The highest BCUT2D eigenvalue weighted by atomic mass is 35.5. The van der Waals surface area contributed by atoms with Crippen LogP contribution in [0.1, 0.15) is 27.2 Å². The molecule has 2 rings (SSSR count). The standard InChI is InChI=1S/C21H26Cl2O4S/c1-4-15(2)13-26-17-5-7-18(8-6-17)28(24,25)19-9-10-21(20(23)11-19)27-14-16(3)12-22/h5-11,15-16H,4,12-14H2,1-3H3. The smallest absolute Gasteiger partial charge is 0.206 e. The molecule has 0 fully saturated rings. The normalized spacial score (nSPS) is 13.8. The summed E-state index contributed by atoms with van der Waals surface area (Å²) in [6.07, 6.45) is 1.03. The van der Waals surface area contributed by atoms with E-state index in [1.165, 1.54) is 12.1 Å². The summed E-state index contributed by atoms with van der Waals surface area (Å²) < 4.78 is 37.0. The van der Waals surface area contributed by atoms with Gasteiger partial charge in [0.1, 0.15) is 11.5 Å². The van der Waals surface area contributed by atoms with E-state index in [0.717, 1.165) is 6.42 Å². The maximum atomic E-state index is 12.9. The van der Waals surface area contributed by atoms with Gasteiger partial charge in [-0.2, -0.15) is 0 Å². The van der Waals surface area contributed by atoms with Gasteiger partial charge >= 0.3 is 0 Å². The maximum absolute atomic E-state index is 12.9. The summed E-state index contributed by atoms with van der Waals surface area (Å²) in [7, 11) is -3.68. The fraction of sp³-hybridized carbons (Fsp3) is 0.429. The summed E-state index contributed by atoms with van der Waals surface area (Å²) in [5, 5.41) is 0.247. The van der Waals surface area contributed by atoms with Gasteiger partial charge in [-0.1, -0.05) is 38.8 Å². The molecule has 0 saturated carbocycles. The number of alkyl halides is 1. The van der Waals surface area contributed by atoms with Crippen molar-refractivity contribution in [1.29, 1.82) is 0 Å². The Hall–Kier alpha value is -1.43. The van der Waals surface area contributed by atoms with Gasteiger partial charge in [0.05, 0.1) is 28.0 Å². The number of halogens is 2. The number of rotatable bonds is 10. The fourth-order valence-electron chi connectivity index (χ4n) is 2.25. The fourth-order valence-corrected chi connectivity index (χ4v) is 3.93. The van der Waals surface area contributed by atoms with Crippen LogP contribution in [0.15, 0.2) is 52.3 Å². The van der Waals surface area contributed by atoms with Crippen LogP contribution in [0.2, 0.25) is 5.02 Å². The van der Waals surface area contributed by atoms with Crippen LogP contribution in [-0.2, 0) is 9.84 Å². The van der Waals surface area contributed by atoms with Gasteiger partial charge in [-0.15, -0.1) is 11.6 Å². The predicted molar refractivity (Wildman–Crippen MR) is 114 cm³/mol. The molecule has 0 amide bonds. The van der Waals surface area contributed by atoms with E-state index in [1.807, 2.05) is 6.92 Å². The molecule has 2 atom stereocenters. The molecule has 0 radical (unpaired) electrons. The van der Waals surface area contributed by atoms with Gasteiger partial charge in [0.15, 0.2) is 0 Å². The molecule has 0 spiro atoms. The van der Waals surface area contributed by atoms with Crippen molar-refractivity contribution in [2.75, 3.05) is 19.1 Å². The van der Waals surface area contributed by atoms with Gasteiger partial charge < -0.3 is 9.47 Å². The summed E-state index contributed by atoms with van der Waals surface area (Å²) in [5.74, 6) is 2.17. The molecule has 0 heterocycles. The molecule has 0 aromatic heterocycles. The Morgan fingerprint density at radius 3 is 2.11 bits per heavy atom. The van der Waals surface area contributed by atoms with E-state index in [1.54, 1.807) is 30.3 Å². The van der Waals surface area contributed by atoms with Crippen LogP contribution < -0.4 is 9.47 Å². The van der Waals surface area contributed by atoms with Crippen molar-refractivity contribution in [3.05, 3.63) is 47.5 Å². The number of benzene rings is 2. The molecule has 0 aliphatic heterocycles. The van der Waals surface area contributed by atoms with Gasteiger partial charge in [-0.25, -0.2) is 8.42 Å². The zero-order chi connectivity index (χ0) is 20.7. The molecule has 0 saturated heterocycles. The topological polar surface area (TPSA) is 52.6 Å². The molecule has 2 unspecified atom stereocenters. The molecular weight excluding hydrogens is 419 g/mol. The molecule has 0 N–H and O–H groups in total. The maximum Gasteiger partial charge on any atom is 0.206 e. The lowest BCUT2D eigenvalue weighted by Crippen LogP contribution is -2.10. The molecule has 0 aliphatic carbocycles. The molecule has 154 valence electrons. The second kappa shape index (κ2) is 10.4. The van der Waals surface area contributed by atoms with Gasteiger partial charge in [0, 0.05) is 11.8 Å². The summed E-state index contributed by atoms with van der Waals surface area (Å²) in [6, 6.07) is 10.9. The van der Waals surface area contributed by atoms with E-state index < -0.39 is 9.84 Å². The van der Waals surface area contributed by atoms with Crippen LogP contribution in [0.4, 0.5) is 0 Å². The first-order chi connectivity index (χ1) is 13.3. The van der Waals surface area contributed by atoms with Crippen LogP contribution in [-0.4, -0.2) is 27.5 Å². The average molecular weight is 445 g/mol. The van der Waals surface area contributed by atoms with Crippen LogP contribution in [0, 0.1) is 11.8 Å². The van der Waals surface area contributed by atoms with Crippen LogP contribution in [0.5, 0.6) is 11.5 Å². The van der Waals surface area contributed by atoms with Gasteiger partial charge in [0.25, 0.3) is 0 Å². The van der Waals surface area contributed by atoms with Crippen LogP contribution >= 0.6 is 23.2 Å². The third-order valence-corrected chi connectivity index (χ3v) is 6.96. The quantitative estimate of drug-likeness (QED) is 0.431. The summed E-state index contributed by atoms with van der Waals surface area (Å²) in [5.41, 5.74) is 0. The highest BCUT2D eigenvalue weighted by Gasteiger charge is 2.19. The lowest BCUT2D eigenvalue weighted by Gasteiger charge is -2.13. The van der Waals surface area contributed by atoms with Crippen molar-refractivity contribution in [1.82, 2.24) is 0 Å². The average Bonchev–Trinajstić information content (AvgIpc) is 2.70. The Balaban J connectivity index is 2.14. The largest absolute Gasteiger partial charge is 0.493 e. The van der Waals surface area contributed by atoms with E-state index in [-0.39, 0.29) is 20.7 Å². The minimum atomic E-state index is -3.68. The van der Waals surface area contributed by atoms with Crippen molar-refractivity contribution in [2.45, 2.75) is 37.0 Å². The van der Waals surface area contributed by atoms with E-state index >= 15 is 0 Å².